The highest BCUT2D eigenvalue weighted by atomic mass is 16.2. The number of carbonyl (C=O) groups is 1. The van der Waals surface area contributed by atoms with Gasteiger partial charge in [-0.1, -0.05) is 18.2 Å². The molecule has 100 valence electrons. The molecule has 0 bridgehead atoms. The SMILES string of the molecule is NC1(C(=O)NCCCn2ccc3ccccc32)CC1. The van der Waals surface area contributed by atoms with E-state index in [0.717, 1.165) is 25.8 Å². The molecule has 3 N–H and O–H groups in total. The van der Waals surface area contributed by atoms with Gasteiger partial charge in [0.25, 0.3) is 0 Å². The van der Waals surface area contributed by atoms with E-state index in [1.54, 1.807) is 0 Å². The average Bonchev–Trinajstić information content (AvgIpc) is 3.05. The Morgan fingerprint density at radius 3 is 2.89 bits per heavy atom. The number of hydrogen-bond acceptors (Lipinski definition) is 2. The van der Waals surface area contributed by atoms with Crippen molar-refractivity contribution in [2.45, 2.75) is 31.3 Å². The quantitative estimate of drug-likeness (QED) is 0.800. The highest BCUT2D eigenvalue weighted by Crippen LogP contribution is 2.31. The molecule has 0 radical (unpaired) electrons. The van der Waals surface area contributed by atoms with Crippen LogP contribution in [0.2, 0.25) is 0 Å². The second kappa shape index (κ2) is 4.70. The smallest absolute Gasteiger partial charge is 0.240 e. The Morgan fingerprint density at radius 1 is 1.32 bits per heavy atom. The molecule has 1 amide bonds. The average molecular weight is 257 g/mol. The van der Waals surface area contributed by atoms with Gasteiger partial charge in [-0.3, -0.25) is 4.79 Å². The number of carbonyl (C=O) groups excluding carboxylic acids is 1. The summed E-state index contributed by atoms with van der Waals surface area (Å²) in [5.74, 6) is 0.00450. The molecule has 0 saturated heterocycles. The number of rotatable bonds is 5. The van der Waals surface area contributed by atoms with Gasteiger partial charge in [0.15, 0.2) is 0 Å². The lowest BCUT2D eigenvalue weighted by molar-refractivity contribution is -0.123. The van der Waals surface area contributed by atoms with E-state index in [9.17, 15) is 4.79 Å². The topological polar surface area (TPSA) is 60.1 Å². The highest BCUT2D eigenvalue weighted by Gasteiger charge is 2.45. The zero-order chi connectivity index (χ0) is 13.3. The van der Waals surface area contributed by atoms with Crippen molar-refractivity contribution >= 4 is 16.8 Å². The van der Waals surface area contributed by atoms with E-state index in [0.29, 0.717) is 6.54 Å². The molecule has 1 aliphatic carbocycles. The van der Waals surface area contributed by atoms with Gasteiger partial charge in [-0.05, 0) is 36.8 Å². The summed E-state index contributed by atoms with van der Waals surface area (Å²) in [7, 11) is 0. The van der Waals surface area contributed by atoms with Crippen molar-refractivity contribution in [1.82, 2.24) is 9.88 Å². The van der Waals surface area contributed by atoms with E-state index in [4.69, 9.17) is 5.73 Å². The number of amides is 1. The number of aromatic nitrogens is 1. The Balaban J connectivity index is 1.51. The van der Waals surface area contributed by atoms with Crippen LogP contribution in [0.15, 0.2) is 36.5 Å². The fourth-order valence-corrected chi connectivity index (χ4v) is 2.32. The lowest BCUT2D eigenvalue weighted by Crippen LogP contribution is -2.43. The predicted octanol–water partition coefficient (Wildman–Crippen LogP) is 1.64. The summed E-state index contributed by atoms with van der Waals surface area (Å²) in [6.45, 7) is 1.59. The second-order valence-electron chi connectivity index (χ2n) is 5.33. The lowest BCUT2D eigenvalue weighted by Gasteiger charge is -2.10. The molecule has 1 aliphatic rings. The summed E-state index contributed by atoms with van der Waals surface area (Å²) in [5.41, 5.74) is 6.51. The number of nitrogens with one attached hydrogen (secondary N) is 1. The molecule has 0 aliphatic heterocycles. The van der Waals surface area contributed by atoms with Gasteiger partial charge in [0.05, 0.1) is 5.54 Å². The van der Waals surface area contributed by atoms with Gasteiger partial charge in [0, 0.05) is 24.8 Å². The molecule has 1 fully saturated rings. The molecule has 2 aromatic rings. The van der Waals surface area contributed by atoms with E-state index in [2.05, 4.69) is 34.3 Å². The number of nitrogens with two attached hydrogens (primary N) is 1. The fourth-order valence-electron chi connectivity index (χ4n) is 2.32. The zero-order valence-corrected chi connectivity index (χ0v) is 10.9. The molecule has 19 heavy (non-hydrogen) atoms. The first kappa shape index (κ1) is 12.2. The summed E-state index contributed by atoms with van der Waals surface area (Å²) < 4.78 is 2.22. The van der Waals surface area contributed by atoms with Gasteiger partial charge in [0.1, 0.15) is 0 Å². The molecular weight excluding hydrogens is 238 g/mol. The van der Waals surface area contributed by atoms with Gasteiger partial charge >= 0.3 is 0 Å². The fraction of sp³-hybridized carbons (Fsp3) is 0.400. The normalized spacial score (nSPS) is 16.5. The van der Waals surface area contributed by atoms with E-state index >= 15 is 0 Å². The Kier molecular flexibility index (Phi) is 3.03. The first-order chi connectivity index (χ1) is 9.19. The maximum Gasteiger partial charge on any atom is 0.240 e. The van der Waals surface area contributed by atoms with Crippen molar-refractivity contribution in [1.29, 1.82) is 0 Å². The second-order valence-corrected chi connectivity index (χ2v) is 5.33. The summed E-state index contributed by atoms with van der Waals surface area (Å²) in [5, 5.41) is 4.17. The van der Waals surface area contributed by atoms with Crippen molar-refractivity contribution in [3.05, 3.63) is 36.5 Å². The van der Waals surface area contributed by atoms with Crippen molar-refractivity contribution < 1.29 is 4.79 Å². The summed E-state index contributed by atoms with van der Waals surface area (Å²) in [6, 6.07) is 10.4. The van der Waals surface area contributed by atoms with Crippen LogP contribution in [0.5, 0.6) is 0 Å². The molecule has 0 spiro atoms. The van der Waals surface area contributed by atoms with E-state index < -0.39 is 5.54 Å². The van der Waals surface area contributed by atoms with E-state index in [1.807, 2.05) is 12.1 Å². The van der Waals surface area contributed by atoms with Gasteiger partial charge in [-0.15, -0.1) is 0 Å². The first-order valence-electron chi connectivity index (χ1n) is 6.80. The Morgan fingerprint density at radius 2 is 2.11 bits per heavy atom. The molecule has 0 atom stereocenters. The number of benzene rings is 1. The zero-order valence-electron chi connectivity index (χ0n) is 10.9. The number of hydrogen-bond donors (Lipinski definition) is 2. The minimum atomic E-state index is -0.555. The van der Waals surface area contributed by atoms with Crippen LogP contribution in [-0.4, -0.2) is 22.6 Å². The molecule has 1 heterocycles. The minimum absolute atomic E-state index is 0.00450. The third-order valence-electron chi connectivity index (χ3n) is 3.78. The van der Waals surface area contributed by atoms with Crippen LogP contribution in [0.3, 0.4) is 0 Å². The Labute approximate surface area is 112 Å². The van der Waals surface area contributed by atoms with Crippen LogP contribution in [-0.2, 0) is 11.3 Å². The van der Waals surface area contributed by atoms with Crippen molar-refractivity contribution in [3.63, 3.8) is 0 Å². The van der Waals surface area contributed by atoms with E-state index in [-0.39, 0.29) is 5.91 Å². The van der Waals surface area contributed by atoms with Gasteiger partial charge < -0.3 is 15.6 Å². The molecule has 4 nitrogen and oxygen atoms in total. The van der Waals surface area contributed by atoms with Gasteiger partial charge in [-0.2, -0.15) is 0 Å². The number of fused-ring (bicyclic) bond motifs is 1. The third-order valence-corrected chi connectivity index (χ3v) is 3.78. The van der Waals surface area contributed by atoms with Crippen molar-refractivity contribution in [3.8, 4) is 0 Å². The molecule has 4 heteroatoms. The largest absolute Gasteiger partial charge is 0.354 e. The van der Waals surface area contributed by atoms with Crippen LogP contribution in [0, 0.1) is 0 Å². The first-order valence-corrected chi connectivity index (χ1v) is 6.80. The molecular formula is C15H19N3O. The third kappa shape index (κ3) is 2.49. The van der Waals surface area contributed by atoms with E-state index in [1.165, 1.54) is 10.9 Å². The van der Waals surface area contributed by atoms with Crippen LogP contribution < -0.4 is 11.1 Å². The molecule has 1 aromatic carbocycles. The molecule has 1 aromatic heterocycles. The van der Waals surface area contributed by atoms with Gasteiger partial charge in [-0.25, -0.2) is 0 Å². The number of para-hydroxylation sites is 1. The minimum Gasteiger partial charge on any atom is -0.354 e. The summed E-state index contributed by atoms with van der Waals surface area (Å²) >= 11 is 0. The maximum atomic E-state index is 11.7. The van der Waals surface area contributed by atoms with Crippen LogP contribution in [0.25, 0.3) is 10.9 Å². The highest BCUT2D eigenvalue weighted by molar-refractivity contribution is 5.88. The molecule has 3 rings (SSSR count). The Hall–Kier alpha value is -1.81. The van der Waals surface area contributed by atoms with Crippen molar-refractivity contribution in [2.24, 2.45) is 5.73 Å². The van der Waals surface area contributed by atoms with Crippen LogP contribution in [0.4, 0.5) is 0 Å². The predicted molar refractivity (Wildman–Crippen MR) is 75.7 cm³/mol. The number of nitrogens with zero attached hydrogens (tertiary/aromatic N) is 1. The van der Waals surface area contributed by atoms with Crippen LogP contribution in [0.1, 0.15) is 19.3 Å². The molecule has 1 saturated carbocycles. The van der Waals surface area contributed by atoms with Crippen LogP contribution >= 0.6 is 0 Å². The van der Waals surface area contributed by atoms with Crippen molar-refractivity contribution in [2.75, 3.05) is 6.54 Å². The standard InChI is InChI=1S/C15H19N3O/c16-15(7-8-15)14(19)17-9-3-10-18-11-6-12-4-1-2-5-13(12)18/h1-2,4-6,11H,3,7-10,16H2,(H,17,19). The molecule has 0 unspecified atom stereocenters. The number of aryl methyl sites for hydroxylation is 1. The summed E-state index contributed by atoms with van der Waals surface area (Å²) in [4.78, 5) is 11.7. The Bertz CT molecular complexity index is 598. The van der Waals surface area contributed by atoms with Gasteiger partial charge in [0.2, 0.25) is 5.91 Å². The maximum absolute atomic E-state index is 11.7. The lowest BCUT2D eigenvalue weighted by atomic mass is 10.2. The monoisotopic (exact) mass is 257 g/mol. The summed E-state index contributed by atoms with van der Waals surface area (Å²) in [6.07, 6.45) is 4.65.